The highest BCUT2D eigenvalue weighted by Gasteiger charge is 2.25. The summed E-state index contributed by atoms with van der Waals surface area (Å²) in [5.41, 5.74) is 6.61. The molecular weight excluding hydrogens is 256 g/mol. The Kier molecular flexibility index (Phi) is 5.28. The lowest BCUT2D eigenvalue weighted by Gasteiger charge is -2.27. The van der Waals surface area contributed by atoms with E-state index >= 15 is 0 Å². The summed E-state index contributed by atoms with van der Waals surface area (Å²) in [5, 5.41) is 3.07. The van der Waals surface area contributed by atoms with Crippen molar-refractivity contribution in [2.24, 2.45) is 17.6 Å². The maximum absolute atomic E-state index is 12.3. The van der Waals surface area contributed by atoms with Gasteiger partial charge in [-0.15, -0.1) is 11.8 Å². The number of nitrogens with one attached hydrogen (secondary N) is 1. The van der Waals surface area contributed by atoms with E-state index in [2.05, 4.69) is 5.32 Å². The maximum atomic E-state index is 12.3. The van der Waals surface area contributed by atoms with E-state index in [1.54, 1.807) is 11.8 Å². The molecule has 2 rings (SSSR count). The van der Waals surface area contributed by atoms with E-state index in [1.807, 2.05) is 30.5 Å². The quantitative estimate of drug-likeness (QED) is 0.832. The lowest BCUT2D eigenvalue weighted by Crippen LogP contribution is -2.29. The Hall–Kier alpha value is -1.00. The molecule has 0 aromatic heterocycles. The molecule has 1 aliphatic rings. The van der Waals surface area contributed by atoms with E-state index in [9.17, 15) is 4.79 Å². The number of anilines is 1. The van der Waals surface area contributed by atoms with Crippen molar-refractivity contribution in [1.82, 2.24) is 0 Å². The van der Waals surface area contributed by atoms with Crippen molar-refractivity contribution >= 4 is 23.4 Å². The van der Waals surface area contributed by atoms with Crippen LogP contribution >= 0.6 is 11.8 Å². The molecule has 0 aliphatic heterocycles. The Morgan fingerprint density at radius 1 is 1.32 bits per heavy atom. The van der Waals surface area contributed by atoms with Crippen LogP contribution in [-0.4, -0.2) is 18.7 Å². The van der Waals surface area contributed by atoms with Gasteiger partial charge in [-0.2, -0.15) is 0 Å². The topological polar surface area (TPSA) is 55.1 Å². The zero-order valence-corrected chi connectivity index (χ0v) is 12.2. The van der Waals surface area contributed by atoms with Gasteiger partial charge in [0.25, 0.3) is 0 Å². The van der Waals surface area contributed by atoms with Crippen molar-refractivity contribution in [2.75, 3.05) is 18.1 Å². The van der Waals surface area contributed by atoms with E-state index in [0.29, 0.717) is 5.92 Å². The number of carbonyl (C=O) groups excluding carboxylic acids is 1. The third-order valence-electron chi connectivity index (χ3n) is 3.92. The summed E-state index contributed by atoms with van der Waals surface area (Å²) in [6.07, 6.45) is 6.12. The van der Waals surface area contributed by atoms with E-state index in [0.717, 1.165) is 42.8 Å². The van der Waals surface area contributed by atoms with Gasteiger partial charge >= 0.3 is 0 Å². The summed E-state index contributed by atoms with van der Waals surface area (Å²) in [4.78, 5) is 13.4. The third-order valence-corrected chi connectivity index (χ3v) is 4.71. The number of nitrogens with two attached hydrogens (primary N) is 1. The van der Waals surface area contributed by atoms with Gasteiger partial charge < -0.3 is 11.1 Å². The number of thioether (sulfide) groups is 1. The maximum Gasteiger partial charge on any atom is 0.227 e. The standard InChI is InChI=1S/C15H22N2OS/c1-19-14-5-3-2-4-13(14)17-15(18)12-8-6-11(10-16)7-9-12/h2-5,11-12H,6-10,16H2,1H3,(H,17,18). The van der Waals surface area contributed by atoms with Crippen molar-refractivity contribution in [3.63, 3.8) is 0 Å². The Labute approximate surface area is 119 Å². The van der Waals surface area contributed by atoms with Gasteiger partial charge in [0.2, 0.25) is 5.91 Å². The predicted molar refractivity (Wildman–Crippen MR) is 81.4 cm³/mol. The first-order chi connectivity index (χ1) is 9.24. The molecule has 1 saturated carbocycles. The number of rotatable bonds is 4. The minimum atomic E-state index is 0.151. The van der Waals surface area contributed by atoms with E-state index in [4.69, 9.17) is 5.73 Å². The molecule has 4 heteroatoms. The van der Waals surface area contributed by atoms with Crippen molar-refractivity contribution in [3.8, 4) is 0 Å². The van der Waals surface area contributed by atoms with Gasteiger partial charge in [-0.25, -0.2) is 0 Å². The normalized spacial score (nSPS) is 23.1. The third kappa shape index (κ3) is 3.74. The molecule has 3 N–H and O–H groups in total. The van der Waals surface area contributed by atoms with E-state index in [1.165, 1.54) is 0 Å². The fourth-order valence-corrected chi connectivity index (χ4v) is 3.20. The van der Waals surface area contributed by atoms with Crippen molar-refractivity contribution in [3.05, 3.63) is 24.3 Å². The van der Waals surface area contributed by atoms with Crippen molar-refractivity contribution in [2.45, 2.75) is 30.6 Å². The molecule has 1 amide bonds. The largest absolute Gasteiger partial charge is 0.330 e. The number of carbonyl (C=O) groups is 1. The highest BCUT2D eigenvalue weighted by Crippen LogP contribution is 2.30. The van der Waals surface area contributed by atoms with Gasteiger partial charge in [-0.05, 0) is 56.5 Å². The van der Waals surface area contributed by atoms with Crippen LogP contribution in [0.1, 0.15) is 25.7 Å². The fourth-order valence-electron chi connectivity index (χ4n) is 2.64. The first-order valence-corrected chi connectivity index (χ1v) is 8.11. The molecule has 0 atom stereocenters. The summed E-state index contributed by atoms with van der Waals surface area (Å²) < 4.78 is 0. The van der Waals surface area contributed by atoms with E-state index in [-0.39, 0.29) is 11.8 Å². The molecule has 0 unspecified atom stereocenters. The van der Waals surface area contributed by atoms with Crippen LogP contribution in [0.4, 0.5) is 5.69 Å². The lowest BCUT2D eigenvalue weighted by atomic mass is 9.81. The molecule has 0 heterocycles. The fraction of sp³-hybridized carbons (Fsp3) is 0.533. The zero-order valence-electron chi connectivity index (χ0n) is 11.4. The summed E-state index contributed by atoms with van der Waals surface area (Å²) >= 11 is 1.66. The Bertz CT molecular complexity index is 428. The molecule has 0 saturated heterocycles. The molecule has 0 radical (unpaired) electrons. The molecule has 3 nitrogen and oxygen atoms in total. The van der Waals surface area contributed by atoms with Gasteiger partial charge in [0.1, 0.15) is 0 Å². The van der Waals surface area contributed by atoms with Crippen LogP contribution in [0.3, 0.4) is 0 Å². The predicted octanol–water partition coefficient (Wildman–Crippen LogP) is 3.11. The minimum Gasteiger partial charge on any atom is -0.330 e. The monoisotopic (exact) mass is 278 g/mol. The van der Waals surface area contributed by atoms with Crippen LogP contribution in [0.5, 0.6) is 0 Å². The zero-order chi connectivity index (χ0) is 13.7. The highest BCUT2D eigenvalue weighted by molar-refractivity contribution is 7.98. The van der Waals surface area contributed by atoms with Gasteiger partial charge in [-0.1, -0.05) is 12.1 Å². The van der Waals surface area contributed by atoms with Crippen molar-refractivity contribution in [1.29, 1.82) is 0 Å². The second-order valence-corrected chi connectivity index (χ2v) is 5.99. The molecule has 0 spiro atoms. The van der Waals surface area contributed by atoms with E-state index < -0.39 is 0 Å². The minimum absolute atomic E-state index is 0.151. The van der Waals surface area contributed by atoms with Crippen molar-refractivity contribution < 1.29 is 4.79 Å². The molecule has 1 aromatic carbocycles. The number of benzene rings is 1. The molecule has 1 fully saturated rings. The van der Waals surface area contributed by atoms with Gasteiger partial charge in [0.05, 0.1) is 5.69 Å². The molecular formula is C15H22N2OS. The number of para-hydroxylation sites is 1. The number of hydrogen-bond donors (Lipinski definition) is 2. The molecule has 19 heavy (non-hydrogen) atoms. The Morgan fingerprint density at radius 2 is 2.00 bits per heavy atom. The highest BCUT2D eigenvalue weighted by atomic mass is 32.2. The second-order valence-electron chi connectivity index (χ2n) is 5.14. The lowest BCUT2D eigenvalue weighted by molar-refractivity contribution is -0.121. The van der Waals surface area contributed by atoms with Crippen LogP contribution in [0, 0.1) is 11.8 Å². The molecule has 1 aliphatic carbocycles. The number of amides is 1. The first-order valence-electron chi connectivity index (χ1n) is 6.88. The molecule has 1 aromatic rings. The van der Waals surface area contributed by atoms with Crippen LogP contribution < -0.4 is 11.1 Å². The first kappa shape index (κ1) is 14.4. The van der Waals surface area contributed by atoms with Crippen LogP contribution in [0.15, 0.2) is 29.2 Å². The smallest absolute Gasteiger partial charge is 0.227 e. The van der Waals surface area contributed by atoms with Crippen LogP contribution in [0.2, 0.25) is 0 Å². The average Bonchev–Trinajstić information content (AvgIpc) is 2.48. The van der Waals surface area contributed by atoms with Crippen LogP contribution in [-0.2, 0) is 4.79 Å². The summed E-state index contributed by atoms with van der Waals surface area (Å²) in [6.45, 7) is 0.754. The summed E-state index contributed by atoms with van der Waals surface area (Å²) in [7, 11) is 0. The second kappa shape index (κ2) is 6.96. The molecule has 0 bridgehead atoms. The SMILES string of the molecule is CSc1ccccc1NC(=O)C1CCC(CN)CC1. The molecule has 104 valence electrons. The van der Waals surface area contributed by atoms with Gasteiger partial charge in [0.15, 0.2) is 0 Å². The summed E-state index contributed by atoms with van der Waals surface area (Å²) in [6, 6.07) is 7.95. The average molecular weight is 278 g/mol. The Morgan fingerprint density at radius 3 is 2.63 bits per heavy atom. The van der Waals surface area contributed by atoms with Gasteiger partial charge in [0, 0.05) is 10.8 Å². The summed E-state index contributed by atoms with van der Waals surface area (Å²) in [5.74, 6) is 0.928. The van der Waals surface area contributed by atoms with Crippen LogP contribution in [0.25, 0.3) is 0 Å². The number of hydrogen-bond acceptors (Lipinski definition) is 3. The van der Waals surface area contributed by atoms with Gasteiger partial charge in [-0.3, -0.25) is 4.79 Å². The Balaban J connectivity index is 1.94.